The van der Waals surface area contributed by atoms with Crippen molar-refractivity contribution in [2.45, 2.75) is 12.3 Å². The highest BCUT2D eigenvalue weighted by molar-refractivity contribution is 5.39. The van der Waals surface area contributed by atoms with Gasteiger partial charge in [0, 0.05) is 6.07 Å². The Kier molecular flexibility index (Phi) is 2.13. The molecule has 0 aliphatic carbocycles. The first-order chi connectivity index (χ1) is 7.34. The largest absolute Gasteiger partial charge is 0.493 e. The second-order valence-corrected chi connectivity index (χ2v) is 4.34. The van der Waals surface area contributed by atoms with E-state index >= 15 is 0 Å². The first kappa shape index (κ1) is 9.16. The maximum absolute atomic E-state index is 13.0. The van der Waals surface area contributed by atoms with Crippen molar-refractivity contribution in [2.75, 3.05) is 19.7 Å². The topological polar surface area (TPSA) is 21.3 Å². The van der Waals surface area contributed by atoms with E-state index in [0.29, 0.717) is 11.8 Å². The quantitative estimate of drug-likeness (QED) is 0.759. The summed E-state index contributed by atoms with van der Waals surface area (Å²) < 4.78 is 18.5. The molecule has 1 unspecified atom stereocenters. The van der Waals surface area contributed by atoms with Crippen LogP contribution in [0.4, 0.5) is 4.39 Å². The van der Waals surface area contributed by atoms with Crippen LogP contribution in [0.3, 0.4) is 0 Å². The molecule has 0 saturated carbocycles. The van der Waals surface area contributed by atoms with Gasteiger partial charge in [-0.1, -0.05) is 6.07 Å². The normalized spacial score (nSPS) is 25.3. The van der Waals surface area contributed by atoms with Crippen LogP contribution in [-0.2, 0) is 0 Å². The molecule has 2 aliphatic heterocycles. The molecular weight excluding hydrogens is 193 g/mol. The predicted octanol–water partition coefficient (Wildman–Crippen LogP) is 1.91. The minimum Gasteiger partial charge on any atom is -0.493 e. The van der Waals surface area contributed by atoms with Crippen LogP contribution in [-0.4, -0.2) is 19.7 Å². The standard InChI is InChI=1S/C12H14FNO/c13-9-1-2-11-10(8-6-14-7-8)3-4-15-12(11)5-9/h1-2,5,8,10,14H,3-4,6-7H2. The third-order valence-electron chi connectivity index (χ3n) is 3.44. The monoisotopic (exact) mass is 207 g/mol. The second kappa shape index (κ2) is 3.49. The number of hydrogen-bond acceptors (Lipinski definition) is 2. The van der Waals surface area contributed by atoms with Crippen LogP contribution in [0, 0.1) is 11.7 Å². The number of benzene rings is 1. The third-order valence-corrected chi connectivity index (χ3v) is 3.44. The molecule has 80 valence electrons. The summed E-state index contributed by atoms with van der Waals surface area (Å²) in [6.07, 6.45) is 1.06. The van der Waals surface area contributed by atoms with E-state index < -0.39 is 0 Å². The lowest BCUT2D eigenvalue weighted by atomic mass is 9.79. The van der Waals surface area contributed by atoms with E-state index in [4.69, 9.17) is 4.74 Å². The zero-order valence-corrected chi connectivity index (χ0v) is 8.50. The van der Waals surface area contributed by atoms with E-state index in [1.807, 2.05) is 6.07 Å². The highest BCUT2D eigenvalue weighted by atomic mass is 19.1. The van der Waals surface area contributed by atoms with Gasteiger partial charge in [0.15, 0.2) is 0 Å². The molecule has 1 fully saturated rings. The highest BCUT2D eigenvalue weighted by Crippen LogP contribution is 2.39. The van der Waals surface area contributed by atoms with Crippen LogP contribution in [0.2, 0.25) is 0 Å². The minimum absolute atomic E-state index is 0.207. The Labute approximate surface area is 88.4 Å². The van der Waals surface area contributed by atoms with E-state index in [9.17, 15) is 4.39 Å². The summed E-state index contributed by atoms with van der Waals surface area (Å²) in [5.74, 6) is 1.80. The number of nitrogens with one attached hydrogen (secondary N) is 1. The first-order valence-electron chi connectivity index (χ1n) is 5.47. The Morgan fingerprint density at radius 2 is 2.20 bits per heavy atom. The van der Waals surface area contributed by atoms with E-state index in [2.05, 4.69) is 5.32 Å². The van der Waals surface area contributed by atoms with Gasteiger partial charge in [0.05, 0.1) is 6.61 Å². The Bertz CT molecular complexity index is 376. The van der Waals surface area contributed by atoms with Crippen molar-refractivity contribution in [3.8, 4) is 5.75 Å². The molecule has 1 N–H and O–H groups in total. The van der Waals surface area contributed by atoms with Gasteiger partial charge in [0.2, 0.25) is 0 Å². The van der Waals surface area contributed by atoms with Crippen molar-refractivity contribution in [2.24, 2.45) is 5.92 Å². The number of ether oxygens (including phenoxy) is 1. The van der Waals surface area contributed by atoms with Crippen molar-refractivity contribution in [1.82, 2.24) is 5.32 Å². The molecule has 15 heavy (non-hydrogen) atoms. The van der Waals surface area contributed by atoms with Gasteiger partial charge < -0.3 is 10.1 Å². The summed E-state index contributed by atoms with van der Waals surface area (Å²) >= 11 is 0. The lowest BCUT2D eigenvalue weighted by Gasteiger charge is -2.38. The van der Waals surface area contributed by atoms with Crippen LogP contribution in [0.5, 0.6) is 5.75 Å². The molecule has 0 amide bonds. The second-order valence-electron chi connectivity index (χ2n) is 4.34. The van der Waals surface area contributed by atoms with Crippen LogP contribution >= 0.6 is 0 Å². The van der Waals surface area contributed by atoms with E-state index in [-0.39, 0.29) is 5.82 Å². The molecule has 0 bridgehead atoms. The van der Waals surface area contributed by atoms with Gasteiger partial charge in [0.1, 0.15) is 11.6 Å². The SMILES string of the molecule is Fc1ccc2c(c1)OCCC2C1CNC1. The summed E-state index contributed by atoms with van der Waals surface area (Å²) in [5.41, 5.74) is 1.19. The fraction of sp³-hybridized carbons (Fsp3) is 0.500. The smallest absolute Gasteiger partial charge is 0.126 e. The van der Waals surface area contributed by atoms with Crippen LogP contribution in [0.25, 0.3) is 0 Å². The first-order valence-corrected chi connectivity index (χ1v) is 5.47. The number of hydrogen-bond donors (Lipinski definition) is 1. The predicted molar refractivity (Wildman–Crippen MR) is 55.6 cm³/mol. The average Bonchev–Trinajstić information content (AvgIpc) is 2.15. The van der Waals surface area contributed by atoms with E-state index in [1.54, 1.807) is 0 Å². The fourth-order valence-electron chi connectivity index (χ4n) is 2.48. The minimum atomic E-state index is -0.207. The Morgan fingerprint density at radius 1 is 1.33 bits per heavy atom. The Balaban J connectivity index is 1.95. The molecule has 3 heteroatoms. The van der Waals surface area contributed by atoms with E-state index in [1.165, 1.54) is 17.7 Å². The molecule has 0 radical (unpaired) electrons. The van der Waals surface area contributed by atoms with Crippen LogP contribution in [0.15, 0.2) is 18.2 Å². The number of rotatable bonds is 1. The molecular formula is C12H14FNO. The maximum Gasteiger partial charge on any atom is 0.126 e. The van der Waals surface area contributed by atoms with Crippen molar-refractivity contribution in [3.05, 3.63) is 29.6 Å². The lowest BCUT2D eigenvalue weighted by Crippen LogP contribution is -2.46. The molecule has 1 saturated heterocycles. The van der Waals surface area contributed by atoms with Crippen LogP contribution in [0.1, 0.15) is 17.9 Å². The van der Waals surface area contributed by atoms with Gasteiger partial charge in [-0.15, -0.1) is 0 Å². The molecule has 2 heterocycles. The van der Waals surface area contributed by atoms with E-state index in [0.717, 1.165) is 31.9 Å². The molecule has 2 nitrogen and oxygen atoms in total. The van der Waals surface area contributed by atoms with Crippen molar-refractivity contribution in [1.29, 1.82) is 0 Å². The molecule has 0 spiro atoms. The van der Waals surface area contributed by atoms with Crippen molar-refractivity contribution < 1.29 is 9.13 Å². The van der Waals surface area contributed by atoms with Gasteiger partial charge in [-0.25, -0.2) is 4.39 Å². The summed E-state index contributed by atoms with van der Waals surface area (Å²) in [4.78, 5) is 0. The summed E-state index contributed by atoms with van der Waals surface area (Å²) in [6, 6.07) is 4.92. The number of fused-ring (bicyclic) bond motifs is 1. The van der Waals surface area contributed by atoms with Gasteiger partial charge in [-0.05, 0) is 43.0 Å². The van der Waals surface area contributed by atoms with Gasteiger partial charge >= 0.3 is 0 Å². The fourth-order valence-corrected chi connectivity index (χ4v) is 2.48. The summed E-state index contributed by atoms with van der Waals surface area (Å²) in [5, 5.41) is 3.29. The molecule has 0 aromatic heterocycles. The summed E-state index contributed by atoms with van der Waals surface area (Å²) in [6.45, 7) is 2.89. The molecule has 1 atom stereocenters. The molecule has 3 rings (SSSR count). The van der Waals surface area contributed by atoms with Crippen molar-refractivity contribution in [3.63, 3.8) is 0 Å². The third kappa shape index (κ3) is 1.51. The Hall–Kier alpha value is -1.09. The van der Waals surface area contributed by atoms with Crippen molar-refractivity contribution >= 4 is 0 Å². The lowest BCUT2D eigenvalue weighted by molar-refractivity contribution is 0.203. The average molecular weight is 207 g/mol. The van der Waals surface area contributed by atoms with Gasteiger partial charge in [-0.2, -0.15) is 0 Å². The Morgan fingerprint density at radius 3 is 2.93 bits per heavy atom. The molecule has 1 aromatic carbocycles. The molecule has 2 aliphatic rings. The van der Waals surface area contributed by atoms with Gasteiger partial charge in [-0.3, -0.25) is 0 Å². The molecule has 1 aromatic rings. The van der Waals surface area contributed by atoms with Gasteiger partial charge in [0.25, 0.3) is 0 Å². The number of halogens is 1. The zero-order chi connectivity index (χ0) is 10.3. The van der Waals surface area contributed by atoms with Crippen LogP contribution < -0.4 is 10.1 Å². The summed E-state index contributed by atoms with van der Waals surface area (Å²) in [7, 11) is 0. The zero-order valence-electron chi connectivity index (χ0n) is 8.50. The maximum atomic E-state index is 13.0. The highest BCUT2D eigenvalue weighted by Gasteiger charge is 2.32.